The third-order valence-corrected chi connectivity index (χ3v) is 2.41. The summed E-state index contributed by atoms with van der Waals surface area (Å²) in [4.78, 5) is 18.7. The molecule has 0 aliphatic carbocycles. The smallest absolute Gasteiger partial charge is 0.221 e. The second-order valence-corrected chi connectivity index (χ2v) is 3.73. The van der Waals surface area contributed by atoms with Crippen LogP contribution >= 0.6 is 0 Å². The molecular formula is C12H16N4O. The molecule has 1 aromatic heterocycles. The number of rotatable bonds is 5. The fraction of sp³-hybridized carbons (Fsp3) is 0.333. The van der Waals surface area contributed by atoms with E-state index in [1.54, 1.807) is 0 Å². The van der Waals surface area contributed by atoms with E-state index in [0.29, 0.717) is 25.5 Å². The number of hydrogen-bond donors (Lipinski definition) is 3. The van der Waals surface area contributed by atoms with E-state index in [0.717, 1.165) is 11.0 Å². The van der Waals surface area contributed by atoms with Gasteiger partial charge in [0.15, 0.2) is 0 Å². The van der Waals surface area contributed by atoms with Crippen molar-refractivity contribution in [3.63, 3.8) is 0 Å². The molecule has 2 aromatic rings. The lowest BCUT2D eigenvalue weighted by Gasteiger charge is -2.02. The number of nitrogens with one attached hydrogen (secondary N) is 3. The Morgan fingerprint density at radius 3 is 3.00 bits per heavy atom. The van der Waals surface area contributed by atoms with Gasteiger partial charge in [0.2, 0.25) is 11.9 Å². The van der Waals surface area contributed by atoms with Gasteiger partial charge in [-0.25, -0.2) is 4.98 Å². The largest absolute Gasteiger partial charge is 0.356 e. The zero-order valence-electron chi connectivity index (χ0n) is 9.79. The summed E-state index contributed by atoms with van der Waals surface area (Å²) in [5, 5.41) is 5.84. The van der Waals surface area contributed by atoms with Gasteiger partial charge in [-0.15, -0.1) is 0 Å². The average Bonchev–Trinajstić information content (AvgIpc) is 2.71. The lowest BCUT2D eigenvalue weighted by Crippen LogP contribution is -2.24. The lowest BCUT2D eigenvalue weighted by molar-refractivity contribution is -0.120. The molecule has 1 heterocycles. The van der Waals surface area contributed by atoms with E-state index in [1.165, 1.54) is 0 Å². The molecule has 0 saturated heterocycles. The van der Waals surface area contributed by atoms with Crippen molar-refractivity contribution >= 4 is 22.9 Å². The highest BCUT2D eigenvalue weighted by atomic mass is 16.1. The van der Waals surface area contributed by atoms with Crippen LogP contribution in [0.1, 0.15) is 13.3 Å². The SMILES string of the molecule is CCNC(=O)CCNc1nc2ccccc2[nH]1. The average molecular weight is 232 g/mol. The molecule has 1 aromatic carbocycles. The maximum Gasteiger partial charge on any atom is 0.221 e. The summed E-state index contributed by atoms with van der Waals surface area (Å²) >= 11 is 0. The zero-order valence-corrected chi connectivity index (χ0v) is 9.79. The van der Waals surface area contributed by atoms with Crippen molar-refractivity contribution < 1.29 is 4.79 Å². The third-order valence-electron chi connectivity index (χ3n) is 2.41. The van der Waals surface area contributed by atoms with Gasteiger partial charge in [0, 0.05) is 19.5 Å². The van der Waals surface area contributed by atoms with Crippen LogP contribution in [0.15, 0.2) is 24.3 Å². The quantitative estimate of drug-likeness (QED) is 0.731. The van der Waals surface area contributed by atoms with Crippen LogP contribution in [0.4, 0.5) is 5.95 Å². The fourth-order valence-corrected chi connectivity index (χ4v) is 1.62. The van der Waals surface area contributed by atoms with Gasteiger partial charge >= 0.3 is 0 Å². The molecule has 0 spiro atoms. The first-order valence-electron chi connectivity index (χ1n) is 5.75. The van der Waals surface area contributed by atoms with Crippen molar-refractivity contribution in [2.24, 2.45) is 0 Å². The van der Waals surface area contributed by atoms with E-state index < -0.39 is 0 Å². The number of H-pyrrole nitrogens is 1. The molecule has 0 unspecified atom stereocenters. The van der Waals surface area contributed by atoms with Gasteiger partial charge in [-0.1, -0.05) is 12.1 Å². The Balaban J connectivity index is 1.89. The van der Waals surface area contributed by atoms with Crippen molar-refractivity contribution in [3.05, 3.63) is 24.3 Å². The highest BCUT2D eigenvalue weighted by Crippen LogP contribution is 2.12. The Kier molecular flexibility index (Phi) is 3.59. The highest BCUT2D eigenvalue weighted by Gasteiger charge is 2.02. The van der Waals surface area contributed by atoms with E-state index >= 15 is 0 Å². The Bertz CT molecular complexity index is 473. The predicted octanol–water partition coefficient (Wildman–Crippen LogP) is 1.50. The molecule has 0 atom stereocenters. The number of nitrogens with zero attached hydrogens (tertiary/aromatic N) is 1. The van der Waals surface area contributed by atoms with Crippen LogP contribution in [-0.4, -0.2) is 29.0 Å². The normalized spacial score (nSPS) is 10.4. The first kappa shape index (κ1) is 11.4. The van der Waals surface area contributed by atoms with Crippen molar-refractivity contribution in [1.29, 1.82) is 0 Å². The summed E-state index contributed by atoms with van der Waals surface area (Å²) in [5.74, 6) is 0.756. The first-order chi connectivity index (χ1) is 8.29. The second kappa shape index (κ2) is 5.34. The van der Waals surface area contributed by atoms with E-state index in [4.69, 9.17) is 0 Å². The van der Waals surface area contributed by atoms with Gasteiger partial charge in [-0.2, -0.15) is 0 Å². The molecule has 1 amide bonds. The molecule has 0 saturated carbocycles. The van der Waals surface area contributed by atoms with Gasteiger partial charge in [0.05, 0.1) is 11.0 Å². The van der Waals surface area contributed by atoms with Gasteiger partial charge in [-0.05, 0) is 19.1 Å². The lowest BCUT2D eigenvalue weighted by atomic mass is 10.3. The van der Waals surface area contributed by atoms with Crippen LogP contribution in [0.25, 0.3) is 11.0 Å². The Morgan fingerprint density at radius 1 is 1.41 bits per heavy atom. The number of amides is 1. The number of hydrogen-bond acceptors (Lipinski definition) is 3. The fourth-order valence-electron chi connectivity index (χ4n) is 1.62. The Labute approximate surface area is 99.6 Å². The molecule has 5 nitrogen and oxygen atoms in total. The molecule has 0 radical (unpaired) electrons. The second-order valence-electron chi connectivity index (χ2n) is 3.73. The summed E-state index contributed by atoms with van der Waals surface area (Å²) in [5.41, 5.74) is 1.92. The third kappa shape index (κ3) is 2.96. The van der Waals surface area contributed by atoms with Crippen molar-refractivity contribution in [1.82, 2.24) is 15.3 Å². The molecule has 0 fully saturated rings. The maximum absolute atomic E-state index is 11.2. The number of carbonyl (C=O) groups excluding carboxylic acids is 1. The summed E-state index contributed by atoms with van der Waals surface area (Å²) in [6.07, 6.45) is 0.449. The molecule has 17 heavy (non-hydrogen) atoms. The predicted molar refractivity (Wildman–Crippen MR) is 67.9 cm³/mol. The van der Waals surface area contributed by atoms with Crippen LogP contribution < -0.4 is 10.6 Å². The van der Waals surface area contributed by atoms with E-state index in [9.17, 15) is 4.79 Å². The van der Waals surface area contributed by atoms with Gasteiger partial charge in [0.25, 0.3) is 0 Å². The van der Waals surface area contributed by atoms with E-state index in [1.807, 2.05) is 31.2 Å². The van der Waals surface area contributed by atoms with Crippen molar-refractivity contribution in [2.75, 3.05) is 18.4 Å². The topological polar surface area (TPSA) is 69.8 Å². The number of para-hydroxylation sites is 2. The number of aromatic amines is 1. The number of aromatic nitrogens is 2. The number of carbonyl (C=O) groups is 1. The number of benzene rings is 1. The van der Waals surface area contributed by atoms with Crippen LogP contribution in [0.5, 0.6) is 0 Å². The Morgan fingerprint density at radius 2 is 2.24 bits per heavy atom. The Hall–Kier alpha value is -2.04. The number of fused-ring (bicyclic) bond motifs is 1. The minimum absolute atomic E-state index is 0.0520. The summed E-state index contributed by atoms with van der Waals surface area (Å²) in [6, 6.07) is 7.82. The van der Waals surface area contributed by atoms with Gasteiger partial charge in [0.1, 0.15) is 0 Å². The summed E-state index contributed by atoms with van der Waals surface area (Å²) in [7, 11) is 0. The van der Waals surface area contributed by atoms with Gasteiger partial charge < -0.3 is 15.6 Å². The van der Waals surface area contributed by atoms with Crippen molar-refractivity contribution in [2.45, 2.75) is 13.3 Å². The van der Waals surface area contributed by atoms with Crippen LogP contribution in [0, 0.1) is 0 Å². The standard InChI is InChI=1S/C12H16N4O/c1-2-13-11(17)7-8-14-12-15-9-5-3-4-6-10(9)16-12/h3-6H,2,7-8H2,1H3,(H,13,17)(H2,14,15,16). The van der Waals surface area contributed by atoms with Crippen molar-refractivity contribution in [3.8, 4) is 0 Å². The highest BCUT2D eigenvalue weighted by molar-refractivity contribution is 5.78. The molecule has 2 rings (SSSR count). The molecule has 0 bridgehead atoms. The summed E-state index contributed by atoms with van der Waals surface area (Å²) in [6.45, 7) is 3.15. The van der Waals surface area contributed by atoms with E-state index in [2.05, 4.69) is 20.6 Å². The zero-order chi connectivity index (χ0) is 12.1. The molecule has 90 valence electrons. The van der Waals surface area contributed by atoms with E-state index in [-0.39, 0.29) is 5.91 Å². The molecule has 0 aliphatic heterocycles. The van der Waals surface area contributed by atoms with Crippen LogP contribution in [0.3, 0.4) is 0 Å². The van der Waals surface area contributed by atoms with Crippen LogP contribution in [-0.2, 0) is 4.79 Å². The number of anilines is 1. The molecule has 5 heteroatoms. The van der Waals surface area contributed by atoms with Gasteiger partial charge in [-0.3, -0.25) is 4.79 Å². The maximum atomic E-state index is 11.2. The number of imidazole rings is 1. The summed E-state index contributed by atoms with van der Waals surface area (Å²) < 4.78 is 0. The molecular weight excluding hydrogens is 216 g/mol. The van der Waals surface area contributed by atoms with Crippen LogP contribution in [0.2, 0.25) is 0 Å². The first-order valence-corrected chi connectivity index (χ1v) is 5.75. The monoisotopic (exact) mass is 232 g/mol. The molecule has 3 N–H and O–H groups in total. The minimum atomic E-state index is 0.0520. The molecule has 0 aliphatic rings. The minimum Gasteiger partial charge on any atom is -0.356 e.